The molecule has 2 N–H and O–H groups in total. The molecule has 5 nitrogen and oxygen atoms in total. The topological polar surface area (TPSA) is 54.9 Å². The van der Waals surface area contributed by atoms with Crippen molar-refractivity contribution < 1.29 is 9.47 Å². The second kappa shape index (κ2) is 12.1. The van der Waals surface area contributed by atoms with E-state index >= 15 is 0 Å². The van der Waals surface area contributed by atoms with Crippen molar-refractivity contribution in [2.75, 3.05) is 26.8 Å². The molecule has 0 aliphatic heterocycles. The van der Waals surface area contributed by atoms with Gasteiger partial charge in [0, 0.05) is 20.2 Å². The minimum atomic E-state index is 0.596. The number of rotatable bonds is 10. The van der Waals surface area contributed by atoms with Crippen molar-refractivity contribution in [1.29, 1.82) is 0 Å². The van der Waals surface area contributed by atoms with Gasteiger partial charge >= 0.3 is 0 Å². The number of guanidine groups is 1. The number of hydrogen-bond acceptors (Lipinski definition) is 3. The molecular formula is C21H29N3O2. The summed E-state index contributed by atoms with van der Waals surface area (Å²) in [6.07, 6.45) is 0. The smallest absolute Gasteiger partial charge is 0.191 e. The summed E-state index contributed by atoms with van der Waals surface area (Å²) in [5.74, 6) is 0.801. The highest BCUT2D eigenvalue weighted by atomic mass is 16.5. The Hall–Kier alpha value is -2.37. The summed E-state index contributed by atoms with van der Waals surface area (Å²) in [7, 11) is 1.69. The van der Waals surface area contributed by atoms with Crippen LogP contribution in [0.3, 0.4) is 0 Å². The highest BCUT2D eigenvalue weighted by Gasteiger charge is 2.00. The molecule has 0 aromatic heterocycles. The van der Waals surface area contributed by atoms with Crippen molar-refractivity contribution >= 4 is 5.96 Å². The minimum absolute atomic E-state index is 0.596. The molecule has 0 aliphatic rings. The molecular weight excluding hydrogens is 326 g/mol. The van der Waals surface area contributed by atoms with E-state index in [-0.39, 0.29) is 0 Å². The summed E-state index contributed by atoms with van der Waals surface area (Å²) in [5, 5.41) is 6.49. The van der Waals surface area contributed by atoms with E-state index in [1.807, 2.05) is 18.2 Å². The van der Waals surface area contributed by atoms with Gasteiger partial charge in [-0.25, -0.2) is 4.99 Å². The molecule has 0 saturated heterocycles. The van der Waals surface area contributed by atoms with E-state index in [2.05, 4.69) is 58.9 Å². The Morgan fingerprint density at radius 1 is 0.923 bits per heavy atom. The maximum Gasteiger partial charge on any atom is 0.191 e. The van der Waals surface area contributed by atoms with Gasteiger partial charge in [-0.3, -0.25) is 0 Å². The summed E-state index contributed by atoms with van der Waals surface area (Å²) in [6, 6.07) is 18.6. The summed E-state index contributed by atoms with van der Waals surface area (Å²) >= 11 is 0. The van der Waals surface area contributed by atoms with Gasteiger partial charge in [-0.15, -0.1) is 0 Å². The van der Waals surface area contributed by atoms with Crippen LogP contribution in [0, 0.1) is 0 Å². The first kappa shape index (κ1) is 19.9. The lowest BCUT2D eigenvalue weighted by Gasteiger charge is -2.11. The Bertz CT molecular complexity index is 659. The molecule has 0 spiro atoms. The van der Waals surface area contributed by atoms with Crippen LogP contribution < -0.4 is 10.6 Å². The van der Waals surface area contributed by atoms with Crippen molar-refractivity contribution in [3.8, 4) is 0 Å². The van der Waals surface area contributed by atoms with Gasteiger partial charge in [0.1, 0.15) is 0 Å². The predicted molar refractivity (Wildman–Crippen MR) is 106 cm³/mol. The largest absolute Gasteiger partial charge is 0.383 e. The van der Waals surface area contributed by atoms with Crippen LogP contribution in [0.15, 0.2) is 59.6 Å². The van der Waals surface area contributed by atoms with E-state index in [9.17, 15) is 0 Å². The van der Waals surface area contributed by atoms with Crippen molar-refractivity contribution in [2.45, 2.75) is 26.7 Å². The van der Waals surface area contributed by atoms with Gasteiger partial charge in [0.15, 0.2) is 5.96 Å². The Balaban J connectivity index is 1.85. The molecule has 2 aromatic carbocycles. The van der Waals surface area contributed by atoms with Crippen LogP contribution in [0.4, 0.5) is 0 Å². The Labute approximate surface area is 156 Å². The maximum atomic E-state index is 5.82. The molecule has 0 heterocycles. The fraction of sp³-hybridized carbons (Fsp3) is 0.381. The van der Waals surface area contributed by atoms with Crippen LogP contribution in [0.25, 0.3) is 0 Å². The van der Waals surface area contributed by atoms with Crippen molar-refractivity contribution in [2.24, 2.45) is 4.99 Å². The van der Waals surface area contributed by atoms with Crippen LogP contribution in [-0.2, 0) is 29.2 Å². The SMILES string of the molecule is CCNC(=NCc1cccc(COCc2ccccc2)c1)NCCOC. The molecule has 2 rings (SSSR count). The van der Waals surface area contributed by atoms with Gasteiger partial charge in [-0.1, -0.05) is 54.6 Å². The molecule has 0 unspecified atom stereocenters. The molecule has 0 radical (unpaired) electrons. The van der Waals surface area contributed by atoms with E-state index in [0.29, 0.717) is 26.4 Å². The molecule has 2 aromatic rings. The van der Waals surface area contributed by atoms with Crippen LogP contribution in [0.1, 0.15) is 23.6 Å². The zero-order valence-electron chi connectivity index (χ0n) is 15.7. The number of methoxy groups -OCH3 is 1. The average molecular weight is 355 g/mol. The van der Waals surface area contributed by atoms with Gasteiger partial charge in [-0.2, -0.15) is 0 Å². The van der Waals surface area contributed by atoms with E-state index in [0.717, 1.165) is 30.2 Å². The number of hydrogen-bond donors (Lipinski definition) is 2. The molecule has 0 amide bonds. The van der Waals surface area contributed by atoms with Gasteiger partial charge in [0.2, 0.25) is 0 Å². The van der Waals surface area contributed by atoms with Crippen molar-refractivity contribution in [3.05, 3.63) is 71.3 Å². The number of ether oxygens (including phenoxy) is 2. The van der Waals surface area contributed by atoms with Crippen molar-refractivity contribution in [3.63, 3.8) is 0 Å². The number of aliphatic imine (C=N–C) groups is 1. The second-order valence-electron chi connectivity index (χ2n) is 5.91. The van der Waals surface area contributed by atoms with Crippen LogP contribution >= 0.6 is 0 Å². The fourth-order valence-corrected chi connectivity index (χ4v) is 2.46. The molecule has 0 bridgehead atoms. The fourth-order valence-electron chi connectivity index (χ4n) is 2.46. The molecule has 0 aliphatic carbocycles. The zero-order valence-corrected chi connectivity index (χ0v) is 15.7. The van der Waals surface area contributed by atoms with Crippen LogP contribution in [-0.4, -0.2) is 32.8 Å². The lowest BCUT2D eigenvalue weighted by atomic mass is 10.1. The summed E-state index contributed by atoms with van der Waals surface area (Å²) < 4.78 is 10.9. The normalized spacial score (nSPS) is 11.4. The number of benzene rings is 2. The van der Waals surface area contributed by atoms with Gasteiger partial charge in [0.05, 0.1) is 26.4 Å². The van der Waals surface area contributed by atoms with Gasteiger partial charge < -0.3 is 20.1 Å². The summed E-state index contributed by atoms with van der Waals surface area (Å²) in [6.45, 7) is 6.10. The first-order valence-electron chi connectivity index (χ1n) is 9.02. The lowest BCUT2D eigenvalue weighted by Crippen LogP contribution is -2.38. The third-order valence-electron chi connectivity index (χ3n) is 3.73. The van der Waals surface area contributed by atoms with Gasteiger partial charge in [0.25, 0.3) is 0 Å². The molecule has 0 atom stereocenters. The highest BCUT2D eigenvalue weighted by Crippen LogP contribution is 2.10. The van der Waals surface area contributed by atoms with Crippen molar-refractivity contribution in [1.82, 2.24) is 10.6 Å². The third-order valence-corrected chi connectivity index (χ3v) is 3.73. The second-order valence-corrected chi connectivity index (χ2v) is 5.91. The van der Waals surface area contributed by atoms with Gasteiger partial charge in [-0.05, 0) is 23.6 Å². The number of nitrogens with zero attached hydrogens (tertiary/aromatic N) is 1. The molecule has 0 saturated carbocycles. The first-order valence-corrected chi connectivity index (χ1v) is 9.02. The van der Waals surface area contributed by atoms with Crippen LogP contribution in [0.2, 0.25) is 0 Å². The summed E-state index contributed by atoms with van der Waals surface area (Å²) in [4.78, 5) is 4.62. The van der Waals surface area contributed by atoms with Crippen LogP contribution in [0.5, 0.6) is 0 Å². The monoisotopic (exact) mass is 355 g/mol. The molecule has 0 fully saturated rings. The zero-order chi connectivity index (χ0) is 18.5. The van der Waals surface area contributed by atoms with E-state index in [1.54, 1.807) is 7.11 Å². The molecule has 26 heavy (non-hydrogen) atoms. The van der Waals surface area contributed by atoms with E-state index in [4.69, 9.17) is 9.47 Å². The standard InChI is InChI=1S/C21H29N3O2/c1-3-22-21(23-12-13-25-2)24-15-19-10-7-11-20(14-19)17-26-16-18-8-5-4-6-9-18/h4-11,14H,3,12-13,15-17H2,1-2H3,(H2,22,23,24). The first-order chi connectivity index (χ1) is 12.8. The van der Waals surface area contributed by atoms with E-state index < -0.39 is 0 Å². The Morgan fingerprint density at radius 3 is 2.42 bits per heavy atom. The highest BCUT2D eigenvalue weighted by molar-refractivity contribution is 5.79. The number of nitrogens with one attached hydrogen (secondary N) is 2. The summed E-state index contributed by atoms with van der Waals surface area (Å²) in [5.41, 5.74) is 3.51. The average Bonchev–Trinajstić information content (AvgIpc) is 2.67. The Morgan fingerprint density at radius 2 is 1.65 bits per heavy atom. The third kappa shape index (κ3) is 7.68. The molecule has 140 valence electrons. The molecule has 5 heteroatoms. The van der Waals surface area contributed by atoms with E-state index in [1.165, 1.54) is 5.56 Å². The predicted octanol–water partition coefficient (Wildman–Crippen LogP) is 3.10. The lowest BCUT2D eigenvalue weighted by molar-refractivity contribution is 0.107. The quantitative estimate of drug-likeness (QED) is 0.391. The maximum absolute atomic E-state index is 5.82. The minimum Gasteiger partial charge on any atom is -0.383 e. The Kier molecular flexibility index (Phi) is 9.25.